The van der Waals surface area contributed by atoms with Crippen LogP contribution in [0.25, 0.3) is 0 Å². The van der Waals surface area contributed by atoms with Gasteiger partial charge in [0, 0.05) is 18.2 Å². The maximum absolute atomic E-state index is 13.4. The van der Waals surface area contributed by atoms with Crippen molar-refractivity contribution in [1.29, 1.82) is 0 Å². The summed E-state index contributed by atoms with van der Waals surface area (Å²) in [6, 6.07) is 7.36. The summed E-state index contributed by atoms with van der Waals surface area (Å²) in [5, 5.41) is 10.9. The molecule has 6 nitrogen and oxygen atoms in total. The Bertz CT molecular complexity index is 1130. The molecule has 12 heteroatoms. The smallest absolute Gasteiger partial charge is 0.280 e. The standard InChI is InChI=1S/C19H13ClF5N5O/c20-11-5-9(1-3-12(11)21)8-26-19(27-16-7-15(17(24)25)29-30-16)28-18(31)10-2-4-13(22)14(23)6-10/h1-7,17H,8H2,(H3,26,27,28,29,30,31). The van der Waals surface area contributed by atoms with Crippen LogP contribution < -0.4 is 10.6 Å². The van der Waals surface area contributed by atoms with Crippen LogP contribution in [0, 0.1) is 17.5 Å². The van der Waals surface area contributed by atoms with Crippen LogP contribution in [0.4, 0.5) is 27.8 Å². The zero-order chi connectivity index (χ0) is 22.5. The fraction of sp³-hybridized carbons (Fsp3) is 0.105. The summed E-state index contributed by atoms with van der Waals surface area (Å²) in [6.07, 6.45) is -2.80. The van der Waals surface area contributed by atoms with Gasteiger partial charge in [0.1, 0.15) is 11.5 Å². The predicted octanol–water partition coefficient (Wildman–Crippen LogP) is 4.82. The van der Waals surface area contributed by atoms with Crippen LogP contribution >= 0.6 is 11.6 Å². The summed E-state index contributed by atoms with van der Waals surface area (Å²) in [5.41, 5.74) is -0.212. The van der Waals surface area contributed by atoms with Crippen LogP contribution in [0.15, 0.2) is 47.5 Å². The lowest BCUT2D eigenvalue weighted by molar-refractivity contribution is 0.100. The summed E-state index contributed by atoms with van der Waals surface area (Å²) in [4.78, 5) is 16.1. The van der Waals surface area contributed by atoms with Crippen molar-refractivity contribution >= 4 is 29.3 Å². The van der Waals surface area contributed by atoms with Crippen molar-refractivity contribution < 1.29 is 26.7 Å². The summed E-state index contributed by atoms with van der Waals surface area (Å²) >= 11 is 5.73. The highest BCUT2D eigenvalue weighted by Crippen LogP contribution is 2.19. The van der Waals surface area contributed by atoms with E-state index < -0.39 is 35.5 Å². The van der Waals surface area contributed by atoms with Crippen LogP contribution in [-0.2, 0) is 6.54 Å². The van der Waals surface area contributed by atoms with Gasteiger partial charge in [0.2, 0.25) is 5.96 Å². The van der Waals surface area contributed by atoms with Crippen molar-refractivity contribution in [3.8, 4) is 0 Å². The Morgan fingerprint density at radius 2 is 1.81 bits per heavy atom. The monoisotopic (exact) mass is 457 g/mol. The average molecular weight is 458 g/mol. The van der Waals surface area contributed by atoms with Crippen molar-refractivity contribution in [3.05, 3.63) is 81.8 Å². The van der Waals surface area contributed by atoms with Gasteiger partial charge in [0.15, 0.2) is 17.5 Å². The Balaban J connectivity index is 1.84. The van der Waals surface area contributed by atoms with E-state index in [4.69, 9.17) is 11.6 Å². The molecule has 162 valence electrons. The molecule has 3 rings (SSSR count). The quantitative estimate of drug-likeness (QED) is 0.291. The van der Waals surface area contributed by atoms with Gasteiger partial charge in [0.25, 0.3) is 12.3 Å². The molecule has 1 amide bonds. The number of nitrogens with zero attached hydrogens (tertiary/aromatic N) is 2. The number of nitrogens with one attached hydrogen (secondary N) is 3. The largest absolute Gasteiger partial charge is 0.352 e. The van der Waals surface area contributed by atoms with Gasteiger partial charge >= 0.3 is 0 Å². The lowest BCUT2D eigenvalue weighted by Gasteiger charge is -2.11. The van der Waals surface area contributed by atoms with Crippen LogP contribution in [0.3, 0.4) is 0 Å². The zero-order valence-electron chi connectivity index (χ0n) is 15.4. The molecular formula is C19H13ClF5N5O. The number of aromatic amines is 1. The summed E-state index contributed by atoms with van der Waals surface area (Å²) in [6.45, 7) is 0.00300. The lowest BCUT2D eigenvalue weighted by Crippen LogP contribution is -2.31. The predicted molar refractivity (Wildman–Crippen MR) is 104 cm³/mol. The molecule has 3 aromatic rings. The first-order chi connectivity index (χ1) is 14.7. The Labute approximate surface area is 177 Å². The van der Waals surface area contributed by atoms with Gasteiger partial charge < -0.3 is 10.6 Å². The van der Waals surface area contributed by atoms with E-state index in [0.717, 1.165) is 24.3 Å². The minimum atomic E-state index is -2.80. The molecule has 0 unspecified atom stereocenters. The highest BCUT2D eigenvalue weighted by atomic mass is 35.5. The van der Waals surface area contributed by atoms with Crippen LogP contribution in [0.1, 0.15) is 28.0 Å². The van der Waals surface area contributed by atoms with E-state index in [1.807, 2.05) is 0 Å². The molecule has 0 radical (unpaired) electrons. The maximum atomic E-state index is 13.4. The maximum Gasteiger partial charge on any atom is 0.280 e. The van der Waals surface area contributed by atoms with Crippen molar-refractivity contribution in [1.82, 2.24) is 15.5 Å². The van der Waals surface area contributed by atoms with E-state index in [-0.39, 0.29) is 28.9 Å². The summed E-state index contributed by atoms with van der Waals surface area (Å²) < 4.78 is 65.3. The molecule has 0 aliphatic heterocycles. The normalized spacial score (nSPS) is 11.6. The second-order valence-corrected chi connectivity index (χ2v) is 6.54. The minimum absolute atomic E-state index is 0.00300. The number of halogens is 6. The number of guanidine groups is 1. The fourth-order valence-corrected chi connectivity index (χ4v) is 2.58. The Hall–Kier alpha value is -3.47. The molecular weight excluding hydrogens is 445 g/mol. The van der Waals surface area contributed by atoms with Crippen molar-refractivity contribution in [2.45, 2.75) is 13.0 Å². The zero-order valence-corrected chi connectivity index (χ0v) is 16.2. The van der Waals surface area contributed by atoms with Gasteiger partial charge in [-0.1, -0.05) is 17.7 Å². The third kappa shape index (κ3) is 5.79. The Morgan fingerprint density at radius 1 is 1.06 bits per heavy atom. The first-order valence-corrected chi connectivity index (χ1v) is 8.97. The van der Waals surface area contributed by atoms with E-state index in [9.17, 15) is 26.7 Å². The van der Waals surface area contributed by atoms with Crippen molar-refractivity contribution in [3.63, 3.8) is 0 Å². The van der Waals surface area contributed by atoms with Gasteiger partial charge in [-0.25, -0.2) is 22.0 Å². The molecule has 0 saturated heterocycles. The number of hydrogen-bond donors (Lipinski definition) is 3. The lowest BCUT2D eigenvalue weighted by atomic mass is 10.2. The molecule has 0 atom stereocenters. The van der Waals surface area contributed by atoms with Gasteiger partial charge in [-0.2, -0.15) is 10.1 Å². The molecule has 0 aliphatic rings. The molecule has 1 aromatic heterocycles. The van der Waals surface area contributed by atoms with E-state index in [1.165, 1.54) is 12.1 Å². The van der Waals surface area contributed by atoms with E-state index >= 15 is 0 Å². The van der Waals surface area contributed by atoms with E-state index in [0.29, 0.717) is 11.6 Å². The number of rotatable bonds is 5. The van der Waals surface area contributed by atoms with Crippen LogP contribution in [-0.4, -0.2) is 22.1 Å². The highest BCUT2D eigenvalue weighted by molar-refractivity contribution is 6.30. The van der Waals surface area contributed by atoms with Crippen molar-refractivity contribution in [2.24, 2.45) is 4.99 Å². The third-order valence-corrected chi connectivity index (χ3v) is 4.19. The molecule has 0 aliphatic carbocycles. The number of carbonyl (C=O) groups is 1. The van der Waals surface area contributed by atoms with Crippen molar-refractivity contribution in [2.75, 3.05) is 5.32 Å². The second-order valence-electron chi connectivity index (χ2n) is 6.13. The van der Waals surface area contributed by atoms with E-state index in [2.05, 4.69) is 25.8 Å². The SMILES string of the molecule is O=C(/N=C(/NCc1ccc(F)c(Cl)c1)Nc1cc(C(F)F)[nH]n1)c1ccc(F)c(F)c1. The van der Waals surface area contributed by atoms with Crippen LogP contribution in [0.2, 0.25) is 5.02 Å². The topological polar surface area (TPSA) is 82.2 Å². The first-order valence-electron chi connectivity index (χ1n) is 8.59. The number of amides is 1. The molecule has 0 bridgehead atoms. The number of alkyl halides is 2. The Morgan fingerprint density at radius 3 is 2.45 bits per heavy atom. The average Bonchev–Trinajstić information content (AvgIpc) is 3.19. The number of benzene rings is 2. The third-order valence-electron chi connectivity index (χ3n) is 3.90. The summed E-state index contributed by atoms with van der Waals surface area (Å²) in [7, 11) is 0. The second kappa shape index (κ2) is 9.56. The minimum Gasteiger partial charge on any atom is -0.352 e. The van der Waals surface area contributed by atoms with Gasteiger partial charge in [-0.3, -0.25) is 9.89 Å². The first kappa shape index (κ1) is 22.2. The van der Waals surface area contributed by atoms with Crippen LogP contribution in [0.5, 0.6) is 0 Å². The van der Waals surface area contributed by atoms with Gasteiger partial charge in [0.05, 0.1) is 5.02 Å². The molecule has 0 spiro atoms. The number of aromatic nitrogens is 2. The molecule has 2 aromatic carbocycles. The summed E-state index contributed by atoms with van der Waals surface area (Å²) in [5.74, 6) is -4.27. The Kier molecular flexibility index (Phi) is 6.85. The molecule has 0 saturated carbocycles. The van der Waals surface area contributed by atoms with Gasteiger partial charge in [-0.05, 0) is 35.9 Å². The number of H-pyrrole nitrogens is 1. The fourth-order valence-electron chi connectivity index (χ4n) is 2.38. The molecule has 1 heterocycles. The molecule has 3 N–H and O–H groups in total. The molecule has 31 heavy (non-hydrogen) atoms. The van der Waals surface area contributed by atoms with E-state index in [1.54, 1.807) is 0 Å². The highest BCUT2D eigenvalue weighted by Gasteiger charge is 2.14. The number of hydrogen-bond acceptors (Lipinski definition) is 2. The van der Waals surface area contributed by atoms with Gasteiger partial charge in [-0.15, -0.1) is 0 Å². The number of carbonyl (C=O) groups excluding carboxylic acids is 1. The molecule has 0 fully saturated rings. The number of anilines is 1. The number of aliphatic imine (C=N–C) groups is 1.